The number of nitrogens with one attached hydrogen (secondary N) is 1. The van der Waals surface area contributed by atoms with Crippen LogP contribution >= 0.6 is 0 Å². The molecule has 29 heavy (non-hydrogen) atoms. The number of methoxy groups -OCH3 is 3. The van der Waals surface area contributed by atoms with Crippen molar-refractivity contribution >= 4 is 11.5 Å². The maximum Gasteiger partial charge on any atom is 0.203 e. The number of nitrogens with zero attached hydrogens (tertiary/aromatic N) is 1. The summed E-state index contributed by atoms with van der Waals surface area (Å²) in [5.41, 5.74) is 3.25. The van der Waals surface area contributed by atoms with Crippen molar-refractivity contribution in [3.05, 3.63) is 47.0 Å². The van der Waals surface area contributed by atoms with E-state index in [0.29, 0.717) is 41.3 Å². The van der Waals surface area contributed by atoms with E-state index in [0.717, 1.165) is 30.4 Å². The molecule has 1 aliphatic rings. The Balaban J connectivity index is 1.88. The van der Waals surface area contributed by atoms with Crippen LogP contribution in [0.3, 0.4) is 0 Å². The zero-order valence-corrected chi connectivity index (χ0v) is 17.1. The number of benzene rings is 2. The number of hydrogen-bond donors (Lipinski definition) is 1. The maximum absolute atomic E-state index is 12.2. The summed E-state index contributed by atoms with van der Waals surface area (Å²) in [7, 11) is 4.75. The fourth-order valence-corrected chi connectivity index (χ4v) is 3.71. The van der Waals surface area contributed by atoms with Gasteiger partial charge in [0.25, 0.3) is 0 Å². The average Bonchev–Trinajstić information content (AvgIpc) is 2.74. The molecule has 2 aromatic rings. The molecule has 0 aliphatic heterocycles. The molecule has 0 saturated heterocycles. The molecular weight excluding hydrogens is 368 g/mol. The zero-order chi connectivity index (χ0) is 20.8. The maximum atomic E-state index is 12.2. The molecule has 6 heteroatoms. The highest BCUT2D eigenvalue weighted by molar-refractivity contribution is 5.87. The molecule has 1 N–H and O–H groups in total. The number of carbonyl (C=O) groups excluding carboxylic acids is 1. The highest BCUT2D eigenvalue weighted by atomic mass is 16.5. The van der Waals surface area contributed by atoms with Gasteiger partial charge in [-0.2, -0.15) is 5.26 Å². The highest BCUT2D eigenvalue weighted by Crippen LogP contribution is 2.38. The van der Waals surface area contributed by atoms with Crippen LogP contribution in [0.5, 0.6) is 17.2 Å². The topological polar surface area (TPSA) is 80.6 Å². The first kappa shape index (κ1) is 20.5. The molecule has 1 saturated carbocycles. The fourth-order valence-electron chi connectivity index (χ4n) is 3.71. The van der Waals surface area contributed by atoms with Crippen LogP contribution < -0.4 is 19.5 Å². The third kappa shape index (κ3) is 4.62. The van der Waals surface area contributed by atoms with Crippen LogP contribution in [0.25, 0.3) is 0 Å². The molecule has 0 spiro atoms. The number of ketones is 1. The summed E-state index contributed by atoms with van der Waals surface area (Å²) in [5.74, 6) is 1.97. The van der Waals surface area contributed by atoms with Crippen LogP contribution in [0.4, 0.5) is 5.69 Å². The molecule has 0 bridgehead atoms. The van der Waals surface area contributed by atoms with Crippen LogP contribution in [0.15, 0.2) is 30.3 Å². The lowest BCUT2D eigenvalue weighted by Crippen LogP contribution is -2.32. The minimum Gasteiger partial charge on any atom is -0.493 e. The molecule has 3 rings (SSSR count). The summed E-state index contributed by atoms with van der Waals surface area (Å²) < 4.78 is 16.2. The van der Waals surface area contributed by atoms with Crippen molar-refractivity contribution in [2.45, 2.75) is 38.1 Å². The number of Topliss-reactive ketones (excluding diaryl/α,β-unsaturated/α-hetero) is 1. The smallest absolute Gasteiger partial charge is 0.203 e. The lowest BCUT2D eigenvalue weighted by Gasteiger charge is -2.23. The number of ether oxygens (including phenoxy) is 3. The quantitative estimate of drug-likeness (QED) is 0.762. The largest absolute Gasteiger partial charge is 0.493 e. The van der Waals surface area contributed by atoms with Crippen LogP contribution in [0.2, 0.25) is 0 Å². The van der Waals surface area contributed by atoms with Crippen molar-refractivity contribution in [3.63, 3.8) is 0 Å². The number of rotatable bonds is 7. The highest BCUT2D eigenvalue weighted by Gasteiger charge is 2.23. The molecule has 2 aromatic carbocycles. The molecular formula is C23H26N2O4. The van der Waals surface area contributed by atoms with Gasteiger partial charge >= 0.3 is 0 Å². The van der Waals surface area contributed by atoms with Gasteiger partial charge in [0.05, 0.1) is 38.6 Å². The van der Waals surface area contributed by atoms with E-state index in [2.05, 4.69) is 11.4 Å². The summed E-state index contributed by atoms with van der Waals surface area (Å²) in [6.45, 7) is 0. The minimum absolute atomic E-state index is 0.215. The first-order valence-electron chi connectivity index (χ1n) is 9.70. The van der Waals surface area contributed by atoms with Gasteiger partial charge in [-0.3, -0.25) is 4.79 Å². The third-order valence-electron chi connectivity index (χ3n) is 5.22. The van der Waals surface area contributed by atoms with Gasteiger partial charge in [0, 0.05) is 6.42 Å². The molecule has 1 fully saturated rings. The van der Waals surface area contributed by atoms with Gasteiger partial charge in [-0.1, -0.05) is 12.5 Å². The van der Waals surface area contributed by atoms with Crippen molar-refractivity contribution in [1.82, 2.24) is 0 Å². The molecule has 1 atom stereocenters. The second-order valence-corrected chi connectivity index (χ2v) is 7.11. The Bertz CT molecular complexity index is 908. The Morgan fingerprint density at radius 1 is 1.03 bits per heavy atom. The Morgan fingerprint density at radius 3 is 2.34 bits per heavy atom. The predicted octanol–water partition coefficient (Wildman–Crippen LogP) is 4.10. The second kappa shape index (κ2) is 9.33. The summed E-state index contributed by atoms with van der Waals surface area (Å²) >= 11 is 0. The Morgan fingerprint density at radius 2 is 1.76 bits per heavy atom. The van der Waals surface area contributed by atoms with Crippen LogP contribution in [0.1, 0.15) is 42.4 Å². The lowest BCUT2D eigenvalue weighted by atomic mass is 9.93. The van der Waals surface area contributed by atoms with Crippen LogP contribution in [0, 0.1) is 11.3 Å². The SMILES string of the molecule is COc1cc(Cc2ccc(C#N)c(NC3CCCCC3=O)c2)cc(OC)c1OC. The molecule has 0 heterocycles. The summed E-state index contributed by atoms with van der Waals surface area (Å²) in [5, 5.41) is 12.8. The van der Waals surface area contributed by atoms with Crippen LogP contribution in [-0.2, 0) is 11.2 Å². The van der Waals surface area contributed by atoms with E-state index in [1.165, 1.54) is 0 Å². The van der Waals surface area contributed by atoms with E-state index >= 15 is 0 Å². The number of hydrogen-bond acceptors (Lipinski definition) is 6. The molecule has 0 amide bonds. The van der Waals surface area contributed by atoms with Gasteiger partial charge in [0.1, 0.15) is 6.07 Å². The monoisotopic (exact) mass is 394 g/mol. The number of nitriles is 1. The normalized spacial score (nSPS) is 16.1. The zero-order valence-electron chi connectivity index (χ0n) is 17.1. The lowest BCUT2D eigenvalue weighted by molar-refractivity contribution is -0.121. The minimum atomic E-state index is -0.215. The predicted molar refractivity (Wildman–Crippen MR) is 111 cm³/mol. The van der Waals surface area contributed by atoms with Gasteiger partial charge in [-0.25, -0.2) is 0 Å². The van der Waals surface area contributed by atoms with Gasteiger partial charge in [0.15, 0.2) is 17.3 Å². The third-order valence-corrected chi connectivity index (χ3v) is 5.22. The molecule has 1 aliphatic carbocycles. The van der Waals surface area contributed by atoms with Crippen LogP contribution in [-0.4, -0.2) is 33.2 Å². The van der Waals surface area contributed by atoms with Crippen molar-refractivity contribution in [2.75, 3.05) is 26.6 Å². The fraction of sp³-hybridized carbons (Fsp3) is 0.391. The van der Waals surface area contributed by atoms with E-state index in [-0.39, 0.29) is 11.8 Å². The molecule has 1 unspecified atom stereocenters. The summed E-state index contributed by atoms with van der Waals surface area (Å²) in [6.07, 6.45) is 4.00. The molecule has 152 valence electrons. The van der Waals surface area contributed by atoms with E-state index < -0.39 is 0 Å². The summed E-state index contributed by atoms with van der Waals surface area (Å²) in [6, 6.07) is 11.5. The van der Waals surface area contributed by atoms with E-state index in [4.69, 9.17) is 14.2 Å². The second-order valence-electron chi connectivity index (χ2n) is 7.11. The Labute approximate surface area is 171 Å². The van der Waals surface area contributed by atoms with Crippen molar-refractivity contribution in [2.24, 2.45) is 0 Å². The number of anilines is 1. The average molecular weight is 394 g/mol. The molecule has 6 nitrogen and oxygen atoms in total. The molecule has 0 radical (unpaired) electrons. The van der Waals surface area contributed by atoms with Gasteiger partial charge in [-0.15, -0.1) is 0 Å². The van der Waals surface area contributed by atoms with Crippen molar-refractivity contribution in [3.8, 4) is 23.3 Å². The van der Waals surface area contributed by atoms with Gasteiger partial charge in [0.2, 0.25) is 5.75 Å². The van der Waals surface area contributed by atoms with E-state index in [9.17, 15) is 10.1 Å². The van der Waals surface area contributed by atoms with E-state index in [1.54, 1.807) is 27.4 Å². The van der Waals surface area contributed by atoms with Crippen molar-refractivity contribution < 1.29 is 19.0 Å². The Kier molecular flexibility index (Phi) is 6.61. The first-order valence-corrected chi connectivity index (χ1v) is 9.70. The Hall–Kier alpha value is -3.20. The van der Waals surface area contributed by atoms with E-state index in [1.807, 2.05) is 24.3 Å². The van der Waals surface area contributed by atoms with Crippen molar-refractivity contribution in [1.29, 1.82) is 5.26 Å². The van der Waals surface area contributed by atoms with Gasteiger partial charge < -0.3 is 19.5 Å². The van der Waals surface area contributed by atoms with Gasteiger partial charge in [-0.05, 0) is 54.7 Å². The summed E-state index contributed by atoms with van der Waals surface area (Å²) in [4.78, 5) is 12.2. The molecule has 0 aromatic heterocycles. The number of carbonyl (C=O) groups is 1. The first-order chi connectivity index (χ1) is 14.1. The standard InChI is InChI=1S/C23H26N2O4/c1-27-21-12-16(13-22(28-2)23(21)29-3)10-15-8-9-17(14-24)19(11-15)25-18-6-4-5-7-20(18)26/h8-9,11-13,18,25H,4-7,10H2,1-3H3.